The van der Waals surface area contributed by atoms with Gasteiger partial charge >= 0.3 is 0 Å². The van der Waals surface area contributed by atoms with E-state index >= 15 is 0 Å². The van der Waals surface area contributed by atoms with E-state index in [2.05, 4.69) is 29.6 Å². The molecule has 0 aromatic carbocycles. The average Bonchev–Trinajstić information content (AvgIpc) is 2.56. The first-order valence-electron chi connectivity index (χ1n) is 6.54. The summed E-state index contributed by atoms with van der Waals surface area (Å²) < 4.78 is 1.75. The lowest BCUT2D eigenvalue weighted by Crippen LogP contribution is -2.48. The zero-order valence-electron chi connectivity index (χ0n) is 11.5. The van der Waals surface area contributed by atoms with E-state index in [0.29, 0.717) is 11.8 Å². The maximum atomic E-state index is 12.2. The lowest BCUT2D eigenvalue weighted by Gasteiger charge is -2.31. The molecule has 0 saturated carbocycles. The third kappa shape index (κ3) is 2.56. The van der Waals surface area contributed by atoms with Gasteiger partial charge < -0.3 is 10.6 Å². The monoisotopic (exact) mass is 250 g/mol. The second kappa shape index (κ2) is 5.10. The lowest BCUT2D eigenvalue weighted by molar-refractivity contribution is -0.121. The van der Waals surface area contributed by atoms with Crippen molar-refractivity contribution in [2.24, 2.45) is 18.9 Å². The number of nitrogens with one attached hydrogen (secondary N) is 2. The number of amides is 1. The number of aryl methyl sites for hydroxylation is 1. The summed E-state index contributed by atoms with van der Waals surface area (Å²) in [6, 6.07) is 0. The Bertz CT molecular complexity index is 434. The number of rotatable bonds is 4. The van der Waals surface area contributed by atoms with Gasteiger partial charge in [0.25, 0.3) is 0 Å². The lowest BCUT2D eigenvalue weighted by atomic mass is 9.88. The van der Waals surface area contributed by atoms with Crippen LogP contribution in [0.3, 0.4) is 0 Å². The molecule has 1 aromatic rings. The summed E-state index contributed by atoms with van der Waals surface area (Å²) >= 11 is 0. The standard InChI is InChI=1S/C13H22N4O/c1-8(2)12-11(7-17(4)16-12)15-13(18)9(3)10-5-14-6-10/h7-10,14H,5-6H2,1-4H3,(H,15,18). The van der Waals surface area contributed by atoms with Crippen LogP contribution in [0.4, 0.5) is 5.69 Å². The molecule has 2 heterocycles. The van der Waals surface area contributed by atoms with Crippen LogP contribution >= 0.6 is 0 Å². The highest BCUT2D eigenvalue weighted by Crippen LogP contribution is 2.24. The quantitative estimate of drug-likeness (QED) is 0.847. The van der Waals surface area contributed by atoms with Gasteiger partial charge in [-0.2, -0.15) is 5.10 Å². The summed E-state index contributed by atoms with van der Waals surface area (Å²) in [6.45, 7) is 8.04. The molecule has 1 fully saturated rings. The largest absolute Gasteiger partial charge is 0.323 e. The van der Waals surface area contributed by atoms with Crippen molar-refractivity contribution in [3.8, 4) is 0 Å². The molecule has 1 saturated heterocycles. The number of hydrogen-bond acceptors (Lipinski definition) is 3. The Morgan fingerprint density at radius 3 is 2.67 bits per heavy atom. The van der Waals surface area contributed by atoms with E-state index in [0.717, 1.165) is 24.5 Å². The van der Waals surface area contributed by atoms with Gasteiger partial charge in [-0.25, -0.2) is 0 Å². The highest BCUT2D eigenvalue weighted by Gasteiger charge is 2.29. The first-order chi connectivity index (χ1) is 8.49. The molecule has 5 heteroatoms. The van der Waals surface area contributed by atoms with E-state index in [4.69, 9.17) is 0 Å². The predicted molar refractivity (Wildman–Crippen MR) is 71.5 cm³/mol. The number of aromatic nitrogens is 2. The minimum atomic E-state index is 0.0477. The van der Waals surface area contributed by atoms with Gasteiger partial charge in [0.05, 0.1) is 11.4 Å². The normalized spacial score (nSPS) is 17.6. The van der Waals surface area contributed by atoms with E-state index in [-0.39, 0.29) is 11.8 Å². The van der Waals surface area contributed by atoms with Crippen LogP contribution in [-0.4, -0.2) is 28.8 Å². The second-order valence-electron chi connectivity index (χ2n) is 5.45. The van der Waals surface area contributed by atoms with E-state index in [9.17, 15) is 4.79 Å². The van der Waals surface area contributed by atoms with Gasteiger partial charge in [0.2, 0.25) is 5.91 Å². The van der Waals surface area contributed by atoms with Gasteiger partial charge in [0, 0.05) is 19.2 Å². The van der Waals surface area contributed by atoms with Crippen molar-refractivity contribution in [1.82, 2.24) is 15.1 Å². The van der Waals surface area contributed by atoms with Crippen LogP contribution in [0.25, 0.3) is 0 Å². The summed E-state index contributed by atoms with van der Waals surface area (Å²) in [6.07, 6.45) is 1.87. The number of hydrogen-bond donors (Lipinski definition) is 2. The van der Waals surface area contributed by atoms with E-state index in [1.807, 2.05) is 20.2 Å². The predicted octanol–water partition coefficient (Wildman–Crippen LogP) is 1.34. The SMILES string of the molecule is CC(C)c1nn(C)cc1NC(=O)C(C)C1CNC1. The van der Waals surface area contributed by atoms with Crippen molar-refractivity contribution in [3.05, 3.63) is 11.9 Å². The van der Waals surface area contributed by atoms with Crippen LogP contribution in [0, 0.1) is 11.8 Å². The van der Waals surface area contributed by atoms with Gasteiger partial charge in [0.15, 0.2) is 0 Å². The Balaban J connectivity index is 2.06. The average molecular weight is 250 g/mol. The molecule has 18 heavy (non-hydrogen) atoms. The summed E-state index contributed by atoms with van der Waals surface area (Å²) in [5.41, 5.74) is 1.79. The zero-order chi connectivity index (χ0) is 13.3. The third-order valence-electron chi connectivity index (χ3n) is 3.60. The van der Waals surface area contributed by atoms with Crippen LogP contribution in [0.5, 0.6) is 0 Å². The summed E-state index contributed by atoms with van der Waals surface area (Å²) in [5.74, 6) is 0.911. The molecule has 1 amide bonds. The molecular weight excluding hydrogens is 228 g/mol. The molecule has 5 nitrogen and oxygen atoms in total. The smallest absolute Gasteiger partial charge is 0.227 e. The fraction of sp³-hybridized carbons (Fsp3) is 0.692. The van der Waals surface area contributed by atoms with Crippen molar-refractivity contribution in [1.29, 1.82) is 0 Å². The number of carbonyl (C=O) groups excluding carboxylic acids is 1. The highest BCUT2D eigenvalue weighted by atomic mass is 16.1. The molecule has 0 radical (unpaired) electrons. The molecule has 2 N–H and O–H groups in total. The maximum absolute atomic E-state index is 12.2. The molecule has 100 valence electrons. The summed E-state index contributed by atoms with van der Waals surface area (Å²) in [7, 11) is 1.88. The molecule has 0 bridgehead atoms. The minimum Gasteiger partial charge on any atom is -0.323 e. The van der Waals surface area contributed by atoms with Crippen LogP contribution < -0.4 is 10.6 Å². The molecule has 1 aliphatic rings. The van der Waals surface area contributed by atoms with Crippen LogP contribution in [-0.2, 0) is 11.8 Å². The van der Waals surface area contributed by atoms with E-state index in [1.165, 1.54) is 0 Å². The Kier molecular flexibility index (Phi) is 3.71. The van der Waals surface area contributed by atoms with Crippen LogP contribution in [0.15, 0.2) is 6.20 Å². The number of anilines is 1. The van der Waals surface area contributed by atoms with Crippen molar-refractivity contribution >= 4 is 11.6 Å². The van der Waals surface area contributed by atoms with Gasteiger partial charge in [-0.05, 0) is 24.9 Å². The van der Waals surface area contributed by atoms with Crippen molar-refractivity contribution in [2.75, 3.05) is 18.4 Å². The van der Waals surface area contributed by atoms with E-state index in [1.54, 1.807) is 4.68 Å². The molecule has 1 atom stereocenters. The van der Waals surface area contributed by atoms with Gasteiger partial charge in [-0.3, -0.25) is 9.48 Å². The Hall–Kier alpha value is -1.36. The second-order valence-corrected chi connectivity index (χ2v) is 5.45. The summed E-state index contributed by atoms with van der Waals surface area (Å²) in [4.78, 5) is 12.2. The maximum Gasteiger partial charge on any atom is 0.227 e. The molecular formula is C13H22N4O. The fourth-order valence-electron chi connectivity index (χ4n) is 2.15. The van der Waals surface area contributed by atoms with Gasteiger partial charge in [-0.15, -0.1) is 0 Å². The number of carbonyl (C=O) groups is 1. The van der Waals surface area contributed by atoms with Crippen LogP contribution in [0.2, 0.25) is 0 Å². The Morgan fingerprint density at radius 1 is 1.50 bits per heavy atom. The van der Waals surface area contributed by atoms with E-state index < -0.39 is 0 Å². The van der Waals surface area contributed by atoms with Crippen LogP contribution in [0.1, 0.15) is 32.4 Å². The van der Waals surface area contributed by atoms with Gasteiger partial charge in [-0.1, -0.05) is 20.8 Å². The Morgan fingerprint density at radius 2 is 2.17 bits per heavy atom. The first kappa shape index (κ1) is 13.1. The Labute approximate surface area is 108 Å². The topological polar surface area (TPSA) is 59.0 Å². The first-order valence-corrected chi connectivity index (χ1v) is 6.54. The van der Waals surface area contributed by atoms with Gasteiger partial charge in [0.1, 0.15) is 0 Å². The summed E-state index contributed by atoms with van der Waals surface area (Å²) in [5, 5.41) is 10.6. The van der Waals surface area contributed by atoms with Crippen molar-refractivity contribution in [3.63, 3.8) is 0 Å². The zero-order valence-corrected chi connectivity index (χ0v) is 11.5. The molecule has 1 unspecified atom stereocenters. The highest BCUT2D eigenvalue weighted by molar-refractivity contribution is 5.93. The third-order valence-corrected chi connectivity index (χ3v) is 3.60. The fourth-order valence-corrected chi connectivity index (χ4v) is 2.15. The molecule has 1 aliphatic heterocycles. The molecule has 0 aliphatic carbocycles. The van der Waals surface area contributed by atoms with Crippen molar-refractivity contribution < 1.29 is 4.79 Å². The molecule has 2 rings (SSSR count). The van der Waals surface area contributed by atoms with Crippen molar-refractivity contribution in [2.45, 2.75) is 26.7 Å². The molecule has 0 spiro atoms. The molecule has 1 aromatic heterocycles. The number of nitrogens with zero attached hydrogens (tertiary/aromatic N) is 2. The minimum absolute atomic E-state index is 0.0477.